The molecule has 7 heteroatoms. The third-order valence-electron chi connectivity index (χ3n) is 2.91. The molecule has 0 aromatic carbocycles. The number of aromatic nitrogens is 2. The van der Waals surface area contributed by atoms with Gasteiger partial charge >= 0.3 is 0 Å². The van der Waals surface area contributed by atoms with Crippen LogP contribution < -0.4 is 5.32 Å². The first-order chi connectivity index (χ1) is 8.75. The van der Waals surface area contributed by atoms with Crippen LogP contribution >= 0.6 is 23.1 Å². The Labute approximate surface area is 114 Å². The van der Waals surface area contributed by atoms with E-state index in [0.717, 1.165) is 30.0 Å². The van der Waals surface area contributed by atoms with E-state index < -0.39 is 0 Å². The zero-order chi connectivity index (χ0) is 12.8. The SMILES string of the molecule is O=C(CSc1nncs1)NC(=O)C1CCCCC1. The van der Waals surface area contributed by atoms with E-state index in [2.05, 4.69) is 15.5 Å². The Morgan fingerprint density at radius 3 is 2.83 bits per heavy atom. The molecule has 1 aliphatic carbocycles. The van der Waals surface area contributed by atoms with Gasteiger partial charge in [-0.25, -0.2) is 0 Å². The first-order valence-electron chi connectivity index (χ1n) is 5.98. The van der Waals surface area contributed by atoms with Gasteiger partial charge in [0.2, 0.25) is 11.8 Å². The highest BCUT2D eigenvalue weighted by Gasteiger charge is 2.22. The molecule has 0 atom stereocenters. The van der Waals surface area contributed by atoms with Crippen LogP contribution in [-0.2, 0) is 9.59 Å². The number of hydrogen-bond donors (Lipinski definition) is 1. The fourth-order valence-corrected chi connectivity index (χ4v) is 3.28. The lowest BCUT2D eigenvalue weighted by Gasteiger charge is -2.20. The average molecular weight is 285 g/mol. The molecule has 1 aromatic heterocycles. The number of imide groups is 1. The van der Waals surface area contributed by atoms with Gasteiger partial charge in [-0.15, -0.1) is 10.2 Å². The second-order valence-corrected chi connectivity index (χ2v) is 6.30. The van der Waals surface area contributed by atoms with Crippen molar-refractivity contribution in [2.45, 2.75) is 36.4 Å². The second kappa shape index (κ2) is 6.84. The third kappa shape index (κ3) is 4.06. The van der Waals surface area contributed by atoms with Crippen LogP contribution in [-0.4, -0.2) is 27.8 Å². The highest BCUT2D eigenvalue weighted by molar-refractivity contribution is 8.01. The van der Waals surface area contributed by atoms with Gasteiger partial charge in [-0.3, -0.25) is 14.9 Å². The molecule has 2 amide bonds. The van der Waals surface area contributed by atoms with Crippen molar-refractivity contribution in [3.63, 3.8) is 0 Å². The summed E-state index contributed by atoms with van der Waals surface area (Å²) >= 11 is 2.69. The van der Waals surface area contributed by atoms with Gasteiger partial charge in [0.15, 0.2) is 4.34 Å². The molecule has 0 saturated heterocycles. The number of thioether (sulfide) groups is 1. The second-order valence-electron chi connectivity index (χ2n) is 4.24. The molecule has 0 unspecified atom stereocenters. The summed E-state index contributed by atoms with van der Waals surface area (Å²) in [5, 5.41) is 9.98. The van der Waals surface area contributed by atoms with Crippen LogP contribution in [0, 0.1) is 5.92 Å². The lowest BCUT2D eigenvalue weighted by atomic mass is 9.89. The molecule has 1 N–H and O–H groups in total. The van der Waals surface area contributed by atoms with Crippen LogP contribution in [0.3, 0.4) is 0 Å². The molecular formula is C11H15N3O2S2. The molecule has 1 fully saturated rings. The highest BCUT2D eigenvalue weighted by Crippen LogP contribution is 2.23. The summed E-state index contributed by atoms with van der Waals surface area (Å²) in [6.07, 6.45) is 5.19. The van der Waals surface area contributed by atoms with Gasteiger partial charge in [-0.05, 0) is 12.8 Å². The third-order valence-corrected chi connectivity index (χ3v) is 4.77. The van der Waals surface area contributed by atoms with Gasteiger partial charge in [0.25, 0.3) is 0 Å². The fourth-order valence-electron chi connectivity index (χ4n) is 1.99. The summed E-state index contributed by atoms with van der Waals surface area (Å²) in [6.45, 7) is 0. The van der Waals surface area contributed by atoms with Crippen molar-refractivity contribution < 1.29 is 9.59 Å². The van der Waals surface area contributed by atoms with Crippen LogP contribution in [0.4, 0.5) is 0 Å². The minimum absolute atomic E-state index is 0.0224. The van der Waals surface area contributed by atoms with Crippen molar-refractivity contribution in [1.82, 2.24) is 15.5 Å². The van der Waals surface area contributed by atoms with E-state index >= 15 is 0 Å². The summed E-state index contributed by atoms with van der Waals surface area (Å²) in [4.78, 5) is 23.4. The largest absolute Gasteiger partial charge is 0.295 e. The Morgan fingerprint density at radius 1 is 1.39 bits per heavy atom. The van der Waals surface area contributed by atoms with E-state index in [9.17, 15) is 9.59 Å². The molecule has 0 aliphatic heterocycles. The van der Waals surface area contributed by atoms with Gasteiger partial charge in [-0.2, -0.15) is 0 Å². The van der Waals surface area contributed by atoms with Gasteiger partial charge < -0.3 is 0 Å². The van der Waals surface area contributed by atoms with Crippen molar-refractivity contribution in [2.75, 3.05) is 5.75 Å². The fraction of sp³-hybridized carbons (Fsp3) is 0.636. The normalized spacial score (nSPS) is 16.4. The van der Waals surface area contributed by atoms with E-state index in [1.165, 1.54) is 29.5 Å². The number of amides is 2. The Kier molecular flexibility index (Phi) is 5.12. The Morgan fingerprint density at radius 2 is 2.17 bits per heavy atom. The lowest BCUT2D eigenvalue weighted by molar-refractivity contribution is -0.132. The van der Waals surface area contributed by atoms with Crippen molar-refractivity contribution in [3.05, 3.63) is 5.51 Å². The minimum atomic E-state index is -0.245. The van der Waals surface area contributed by atoms with E-state index in [1.54, 1.807) is 5.51 Å². The standard InChI is InChI=1S/C11H15N3O2S2/c15-9(6-17-11-14-12-7-18-11)13-10(16)8-4-2-1-3-5-8/h7-8H,1-6H2,(H,13,15,16). The number of carbonyl (C=O) groups is 2. The Hall–Kier alpha value is -0.950. The average Bonchev–Trinajstić information content (AvgIpc) is 2.90. The first-order valence-corrected chi connectivity index (χ1v) is 7.85. The molecule has 98 valence electrons. The van der Waals surface area contributed by atoms with Crippen LogP contribution in [0.1, 0.15) is 32.1 Å². The molecule has 18 heavy (non-hydrogen) atoms. The number of hydrogen-bond acceptors (Lipinski definition) is 6. The van der Waals surface area contributed by atoms with Crippen molar-refractivity contribution in [2.24, 2.45) is 5.92 Å². The van der Waals surface area contributed by atoms with Gasteiger partial charge in [0, 0.05) is 5.92 Å². The minimum Gasteiger partial charge on any atom is -0.295 e. The summed E-state index contributed by atoms with van der Waals surface area (Å²) < 4.78 is 0.746. The maximum Gasteiger partial charge on any atom is 0.237 e. The molecule has 0 bridgehead atoms. The number of carbonyl (C=O) groups excluding carboxylic acids is 2. The molecule has 1 aliphatic rings. The van der Waals surface area contributed by atoms with E-state index in [-0.39, 0.29) is 23.5 Å². The smallest absolute Gasteiger partial charge is 0.237 e. The molecule has 5 nitrogen and oxygen atoms in total. The van der Waals surface area contributed by atoms with E-state index in [4.69, 9.17) is 0 Å². The Bertz CT molecular complexity index is 402. The Balaban J connectivity index is 1.71. The molecule has 1 heterocycles. The van der Waals surface area contributed by atoms with E-state index in [1.807, 2.05) is 0 Å². The van der Waals surface area contributed by atoms with Gasteiger partial charge in [-0.1, -0.05) is 42.4 Å². The van der Waals surface area contributed by atoms with Crippen molar-refractivity contribution in [3.8, 4) is 0 Å². The summed E-state index contributed by atoms with van der Waals surface area (Å²) in [6, 6.07) is 0. The van der Waals surface area contributed by atoms with Crippen LogP contribution in [0.25, 0.3) is 0 Å². The number of nitrogens with zero attached hydrogens (tertiary/aromatic N) is 2. The molecule has 1 saturated carbocycles. The van der Waals surface area contributed by atoms with Crippen molar-refractivity contribution >= 4 is 34.9 Å². The lowest BCUT2D eigenvalue weighted by Crippen LogP contribution is -2.37. The topological polar surface area (TPSA) is 72.0 Å². The zero-order valence-electron chi connectivity index (χ0n) is 9.92. The molecule has 0 radical (unpaired) electrons. The predicted molar refractivity (Wildman–Crippen MR) is 70.4 cm³/mol. The molecule has 0 spiro atoms. The first kappa shape index (κ1) is 13.5. The van der Waals surface area contributed by atoms with Crippen LogP contribution in [0.2, 0.25) is 0 Å². The maximum atomic E-state index is 11.8. The monoisotopic (exact) mass is 285 g/mol. The number of rotatable bonds is 4. The predicted octanol–water partition coefficient (Wildman–Crippen LogP) is 1.85. The summed E-state index contributed by atoms with van der Waals surface area (Å²) in [7, 11) is 0. The zero-order valence-corrected chi connectivity index (χ0v) is 11.6. The van der Waals surface area contributed by atoms with Crippen molar-refractivity contribution in [1.29, 1.82) is 0 Å². The molecular weight excluding hydrogens is 270 g/mol. The maximum absolute atomic E-state index is 11.8. The number of nitrogens with one attached hydrogen (secondary N) is 1. The van der Waals surface area contributed by atoms with Crippen LogP contribution in [0.5, 0.6) is 0 Å². The molecule has 1 aromatic rings. The summed E-state index contributed by atoms with van der Waals surface area (Å²) in [5.74, 6) is -0.120. The summed E-state index contributed by atoms with van der Waals surface area (Å²) in [5.41, 5.74) is 1.62. The van der Waals surface area contributed by atoms with Gasteiger partial charge in [0.1, 0.15) is 5.51 Å². The quantitative estimate of drug-likeness (QED) is 0.855. The molecule has 2 rings (SSSR count). The van der Waals surface area contributed by atoms with Gasteiger partial charge in [0.05, 0.1) is 5.75 Å². The highest BCUT2D eigenvalue weighted by atomic mass is 32.2. The van der Waals surface area contributed by atoms with E-state index in [0.29, 0.717) is 0 Å². The van der Waals surface area contributed by atoms with Crippen LogP contribution in [0.15, 0.2) is 9.85 Å².